The summed E-state index contributed by atoms with van der Waals surface area (Å²) < 4.78 is 28.4. The maximum atomic E-state index is 13.6. The molecule has 0 aliphatic rings. The van der Waals surface area contributed by atoms with Crippen molar-refractivity contribution >= 4 is 27.3 Å². The van der Waals surface area contributed by atoms with Gasteiger partial charge in [0.25, 0.3) is 15.9 Å². The number of likely N-dealkylation sites (N-methyl/N-ethyl adjacent to an activating group) is 1. The van der Waals surface area contributed by atoms with Crippen molar-refractivity contribution in [2.75, 3.05) is 30.5 Å². The first-order valence-corrected chi connectivity index (χ1v) is 12.3. The molecule has 0 unspecified atom stereocenters. The monoisotopic (exact) mass is 467 g/mol. The molecule has 0 aromatic heterocycles. The highest BCUT2D eigenvalue weighted by molar-refractivity contribution is 7.93. The topological polar surface area (TPSA) is 90.0 Å². The quantitative estimate of drug-likeness (QED) is 0.471. The van der Waals surface area contributed by atoms with Crippen LogP contribution >= 0.6 is 0 Å². The SMILES string of the molecule is CCN(CC)CCNC(=O)c1ccc(S(=O)(=O)N(c2ccccc2)c2ccc(O)cc2)cc1. The molecule has 2 N–H and O–H groups in total. The summed E-state index contributed by atoms with van der Waals surface area (Å²) in [5.74, 6) is -0.204. The lowest BCUT2D eigenvalue weighted by atomic mass is 10.2. The molecular formula is C25H29N3O4S. The van der Waals surface area contributed by atoms with Crippen molar-refractivity contribution < 1.29 is 18.3 Å². The van der Waals surface area contributed by atoms with Gasteiger partial charge in [0.15, 0.2) is 0 Å². The number of nitrogens with one attached hydrogen (secondary N) is 1. The van der Waals surface area contributed by atoms with Crippen molar-refractivity contribution in [1.29, 1.82) is 0 Å². The first kappa shape index (κ1) is 24.3. The average molecular weight is 468 g/mol. The van der Waals surface area contributed by atoms with Gasteiger partial charge in [-0.05, 0) is 73.8 Å². The fraction of sp³-hybridized carbons (Fsp3) is 0.240. The number of para-hydroxylation sites is 1. The van der Waals surface area contributed by atoms with Crippen LogP contribution in [0.25, 0.3) is 0 Å². The number of amides is 1. The summed E-state index contributed by atoms with van der Waals surface area (Å²) >= 11 is 0. The molecule has 0 saturated heterocycles. The van der Waals surface area contributed by atoms with E-state index in [0.29, 0.717) is 23.5 Å². The number of aromatic hydroxyl groups is 1. The number of carbonyl (C=O) groups excluding carboxylic acids is 1. The summed E-state index contributed by atoms with van der Waals surface area (Å²) in [5, 5.41) is 12.5. The summed E-state index contributed by atoms with van der Waals surface area (Å²) in [5.41, 5.74) is 1.24. The van der Waals surface area contributed by atoms with Crippen LogP contribution in [0.4, 0.5) is 11.4 Å². The highest BCUT2D eigenvalue weighted by Gasteiger charge is 2.27. The van der Waals surface area contributed by atoms with E-state index in [1.807, 2.05) is 0 Å². The Morgan fingerprint density at radius 3 is 2.00 bits per heavy atom. The molecule has 3 rings (SSSR count). The Labute approximate surface area is 195 Å². The predicted molar refractivity (Wildman–Crippen MR) is 130 cm³/mol. The number of carbonyl (C=O) groups is 1. The standard InChI is InChI=1S/C25H29N3O4S/c1-3-27(4-2)19-18-26-25(30)20-10-16-24(17-11-20)33(31,32)28(21-8-6-5-7-9-21)22-12-14-23(29)15-13-22/h5-17,29H,3-4,18-19H2,1-2H3,(H,26,30). The molecule has 33 heavy (non-hydrogen) atoms. The summed E-state index contributed by atoms with van der Waals surface area (Å²) in [4.78, 5) is 14.7. The van der Waals surface area contributed by atoms with Crippen molar-refractivity contribution in [2.45, 2.75) is 18.7 Å². The zero-order valence-corrected chi connectivity index (χ0v) is 19.6. The molecule has 0 radical (unpaired) electrons. The van der Waals surface area contributed by atoms with E-state index in [-0.39, 0.29) is 16.6 Å². The molecule has 0 aliphatic heterocycles. The summed E-state index contributed by atoms with van der Waals surface area (Å²) in [6, 6.07) is 20.6. The van der Waals surface area contributed by atoms with E-state index >= 15 is 0 Å². The summed E-state index contributed by atoms with van der Waals surface area (Å²) in [6.45, 7) is 7.24. The van der Waals surface area contributed by atoms with Crippen molar-refractivity contribution in [3.63, 3.8) is 0 Å². The van der Waals surface area contributed by atoms with Crippen LogP contribution in [0.15, 0.2) is 83.8 Å². The van der Waals surface area contributed by atoms with Crippen molar-refractivity contribution in [2.24, 2.45) is 0 Å². The molecule has 3 aromatic carbocycles. The zero-order valence-electron chi connectivity index (χ0n) is 18.8. The first-order valence-electron chi connectivity index (χ1n) is 10.9. The lowest BCUT2D eigenvalue weighted by Crippen LogP contribution is -2.34. The third-order valence-corrected chi connectivity index (χ3v) is 7.11. The zero-order chi connectivity index (χ0) is 23.8. The fourth-order valence-corrected chi connectivity index (χ4v) is 4.92. The third kappa shape index (κ3) is 5.91. The van der Waals surface area contributed by atoms with Gasteiger partial charge in [-0.1, -0.05) is 32.0 Å². The Morgan fingerprint density at radius 1 is 0.848 bits per heavy atom. The van der Waals surface area contributed by atoms with Crippen LogP contribution in [0.2, 0.25) is 0 Å². The number of anilines is 2. The van der Waals surface area contributed by atoms with Gasteiger partial charge in [-0.15, -0.1) is 0 Å². The molecule has 0 spiro atoms. The average Bonchev–Trinajstić information content (AvgIpc) is 2.84. The van der Waals surface area contributed by atoms with E-state index in [9.17, 15) is 18.3 Å². The van der Waals surface area contributed by atoms with Gasteiger partial charge in [0.05, 0.1) is 16.3 Å². The lowest BCUT2D eigenvalue weighted by molar-refractivity contribution is 0.0949. The second-order valence-electron chi connectivity index (χ2n) is 7.43. The minimum atomic E-state index is -3.98. The van der Waals surface area contributed by atoms with E-state index in [0.717, 1.165) is 19.6 Å². The Balaban J connectivity index is 1.84. The molecule has 0 fully saturated rings. The summed E-state index contributed by atoms with van der Waals surface area (Å²) in [7, 11) is -3.98. The summed E-state index contributed by atoms with van der Waals surface area (Å²) in [6.07, 6.45) is 0. The van der Waals surface area contributed by atoms with Crippen molar-refractivity contribution in [3.05, 3.63) is 84.4 Å². The van der Waals surface area contributed by atoms with Gasteiger partial charge in [0, 0.05) is 18.7 Å². The first-order chi connectivity index (χ1) is 15.9. The lowest BCUT2D eigenvalue weighted by Gasteiger charge is -2.24. The number of phenolic OH excluding ortho intramolecular Hbond substituents is 1. The Hall–Kier alpha value is -3.36. The number of sulfonamides is 1. The fourth-order valence-electron chi connectivity index (χ4n) is 3.43. The minimum Gasteiger partial charge on any atom is -0.508 e. The number of rotatable bonds is 10. The number of benzene rings is 3. The van der Waals surface area contributed by atoms with Crippen molar-refractivity contribution in [3.8, 4) is 5.75 Å². The van der Waals surface area contributed by atoms with Crippen LogP contribution in [-0.4, -0.2) is 50.5 Å². The van der Waals surface area contributed by atoms with Crippen LogP contribution in [0.3, 0.4) is 0 Å². The molecule has 0 aliphatic carbocycles. The molecule has 0 saturated carbocycles. The maximum absolute atomic E-state index is 13.6. The van der Waals surface area contributed by atoms with Crippen LogP contribution in [0.1, 0.15) is 24.2 Å². The molecule has 7 nitrogen and oxygen atoms in total. The van der Waals surface area contributed by atoms with E-state index in [1.54, 1.807) is 30.3 Å². The second-order valence-corrected chi connectivity index (χ2v) is 9.22. The van der Waals surface area contributed by atoms with Crippen LogP contribution in [0, 0.1) is 0 Å². The van der Waals surface area contributed by atoms with Gasteiger partial charge in [-0.3, -0.25) is 4.79 Å². The van der Waals surface area contributed by atoms with Gasteiger partial charge in [-0.2, -0.15) is 0 Å². The highest BCUT2D eigenvalue weighted by Crippen LogP contribution is 2.33. The molecule has 0 atom stereocenters. The molecular weight excluding hydrogens is 438 g/mol. The second kappa shape index (κ2) is 11.0. The van der Waals surface area contributed by atoms with E-state index < -0.39 is 10.0 Å². The van der Waals surface area contributed by atoms with Crippen LogP contribution in [0.5, 0.6) is 5.75 Å². The molecule has 0 heterocycles. The Morgan fingerprint density at radius 2 is 1.42 bits per heavy atom. The molecule has 8 heteroatoms. The van der Waals surface area contributed by atoms with Crippen LogP contribution in [-0.2, 0) is 10.0 Å². The maximum Gasteiger partial charge on any atom is 0.268 e. The van der Waals surface area contributed by atoms with Gasteiger partial charge < -0.3 is 15.3 Å². The molecule has 0 bridgehead atoms. The van der Waals surface area contributed by atoms with Gasteiger partial charge in [-0.25, -0.2) is 12.7 Å². The number of hydrogen-bond donors (Lipinski definition) is 2. The molecule has 3 aromatic rings. The van der Waals surface area contributed by atoms with Crippen LogP contribution < -0.4 is 9.62 Å². The number of nitrogens with zero attached hydrogens (tertiary/aromatic N) is 2. The predicted octanol–water partition coefficient (Wildman–Crippen LogP) is 3.99. The van der Waals surface area contributed by atoms with Gasteiger partial charge in [0.2, 0.25) is 0 Å². The Kier molecular flexibility index (Phi) is 8.08. The highest BCUT2D eigenvalue weighted by atomic mass is 32.2. The smallest absolute Gasteiger partial charge is 0.268 e. The van der Waals surface area contributed by atoms with E-state index in [2.05, 4.69) is 24.1 Å². The largest absolute Gasteiger partial charge is 0.508 e. The minimum absolute atomic E-state index is 0.0421. The third-order valence-electron chi connectivity index (χ3n) is 5.34. The molecule has 1 amide bonds. The Bertz CT molecular complexity index is 1140. The van der Waals surface area contributed by atoms with Gasteiger partial charge in [0.1, 0.15) is 5.75 Å². The van der Waals surface area contributed by atoms with Gasteiger partial charge >= 0.3 is 0 Å². The molecule has 174 valence electrons. The van der Waals surface area contributed by atoms with E-state index in [4.69, 9.17) is 0 Å². The van der Waals surface area contributed by atoms with Crippen molar-refractivity contribution in [1.82, 2.24) is 10.2 Å². The number of hydrogen-bond acceptors (Lipinski definition) is 5. The number of phenols is 1. The van der Waals surface area contributed by atoms with E-state index in [1.165, 1.54) is 52.8 Å². The normalized spacial score (nSPS) is 11.4.